The van der Waals surface area contributed by atoms with Crippen LogP contribution in [0.15, 0.2) is 30.6 Å². The summed E-state index contributed by atoms with van der Waals surface area (Å²) in [6.45, 7) is 0. The summed E-state index contributed by atoms with van der Waals surface area (Å²) in [4.78, 5) is 11.2. The number of aryl methyl sites for hydroxylation is 2. The van der Waals surface area contributed by atoms with E-state index < -0.39 is 0 Å². The Hall–Kier alpha value is -1.65. The topological polar surface area (TPSA) is 35.0 Å². The van der Waals surface area contributed by atoms with E-state index in [-0.39, 0.29) is 0 Å². The van der Waals surface area contributed by atoms with Gasteiger partial charge in [0, 0.05) is 9.90 Å². The zero-order valence-electron chi connectivity index (χ0n) is 11.3. The molecule has 0 amide bonds. The van der Waals surface area contributed by atoms with Gasteiger partial charge in [-0.05, 0) is 55.5 Å². The lowest BCUT2D eigenvalue weighted by molar-refractivity contribution is 0.468. The Bertz CT molecular complexity index is 798. The predicted molar refractivity (Wildman–Crippen MR) is 85.6 cm³/mol. The molecule has 1 aliphatic rings. The molecular weight excluding hydrogens is 304 g/mol. The molecule has 0 aliphatic heterocycles. The number of thiophene rings is 1. The van der Waals surface area contributed by atoms with Gasteiger partial charge in [-0.3, -0.25) is 0 Å². The Kier molecular flexibility index (Phi) is 3.28. The Balaban J connectivity index is 1.81. The first-order valence-corrected chi connectivity index (χ1v) is 8.19. The van der Waals surface area contributed by atoms with Crippen LogP contribution in [-0.2, 0) is 12.8 Å². The van der Waals surface area contributed by atoms with Crippen molar-refractivity contribution < 1.29 is 4.74 Å². The molecule has 3 aromatic rings. The Labute approximate surface area is 131 Å². The minimum absolute atomic E-state index is 0.654. The van der Waals surface area contributed by atoms with Crippen molar-refractivity contribution in [2.75, 3.05) is 0 Å². The summed E-state index contributed by atoms with van der Waals surface area (Å²) in [7, 11) is 0. The first kappa shape index (κ1) is 13.0. The van der Waals surface area contributed by atoms with Gasteiger partial charge in [0.1, 0.15) is 16.9 Å². The third-order valence-electron chi connectivity index (χ3n) is 3.74. The number of hydrogen-bond acceptors (Lipinski definition) is 4. The van der Waals surface area contributed by atoms with Gasteiger partial charge in [0.2, 0.25) is 5.88 Å². The van der Waals surface area contributed by atoms with E-state index in [4.69, 9.17) is 16.3 Å². The number of benzene rings is 1. The fourth-order valence-corrected chi connectivity index (χ4v) is 4.10. The van der Waals surface area contributed by atoms with Gasteiger partial charge in [-0.2, -0.15) is 0 Å². The van der Waals surface area contributed by atoms with Crippen LogP contribution in [0.1, 0.15) is 23.3 Å². The van der Waals surface area contributed by atoms with Crippen LogP contribution in [0, 0.1) is 0 Å². The summed E-state index contributed by atoms with van der Waals surface area (Å²) in [5.74, 6) is 1.40. The molecule has 21 heavy (non-hydrogen) atoms. The maximum absolute atomic E-state index is 5.97. The Morgan fingerprint density at radius 1 is 1.05 bits per heavy atom. The maximum atomic E-state index is 5.97. The van der Waals surface area contributed by atoms with Crippen LogP contribution in [0.4, 0.5) is 0 Å². The molecule has 0 unspecified atom stereocenters. The lowest BCUT2D eigenvalue weighted by Gasteiger charge is -2.11. The van der Waals surface area contributed by atoms with Gasteiger partial charge >= 0.3 is 0 Å². The molecule has 0 atom stereocenters. The van der Waals surface area contributed by atoms with E-state index >= 15 is 0 Å². The minimum atomic E-state index is 0.654. The van der Waals surface area contributed by atoms with Gasteiger partial charge in [-0.1, -0.05) is 11.6 Å². The maximum Gasteiger partial charge on any atom is 0.231 e. The molecule has 0 spiro atoms. The van der Waals surface area contributed by atoms with Crippen LogP contribution in [0.5, 0.6) is 11.6 Å². The van der Waals surface area contributed by atoms with E-state index in [1.54, 1.807) is 17.7 Å². The van der Waals surface area contributed by atoms with Crippen molar-refractivity contribution in [2.24, 2.45) is 0 Å². The van der Waals surface area contributed by atoms with Crippen molar-refractivity contribution in [3.05, 3.63) is 46.1 Å². The highest BCUT2D eigenvalue weighted by atomic mass is 35.5. The highest BCUT2D eigenvalue weighted by molar-refractivity contribution is 7.18. The third-order valence-corrected chi connectivity index (χ3v) is 5.20. The SMILES string of the molecule is Clc1ccc(Oc2ncnc3sc4c(c23)CCCC4)cc1. The Morgan fingerprint density at radius 3 is 2.71 bits per heavy atom. The zero-order chi connectivity index (χ0) is 14.2. The minimum Gasteiger partial charge on any atom is -0.438 e. The molecule has 1 aromatic carbocycles. The smallest absolute Gasteiger partial charge is 0.231 e. The van der Waals surface area contributed by atoms with Crippen molar-refractivity contribution in [2.45, 2.75) is 25.7 Å². The molecule has 5 heteroatoms. The number of aromatic nitrogens is 2. The molecule has 0 N–H and O–H groups in total. The van der Waals surface area contributed by atoms with Crippen LogP contribution >= 0.6 is 22.9 Å². The monoisotopic (exact) mass is 316 g/mol. The van der Waals surface area contributed by atoms with E-state index in [1.165, 1.54) is 23.3 Å². The summed E-state index contributed by atoms with van der Waals surface area (Å²) in [5, 5.41) is 1.79. The molecule has 2 heterocycles. The summed E-state index contributed by atoms with van der Waals surface area (Å²) >= 11 is 7.68. The van der Waals surface area contributed by atoms with Crippen molar-refractivity contribution in [1.82, 2.24) is 9.97 Å². The normalized spacial score (nSPS) is 14.1. The number of nitrogens with zero attached hydrogens (tertiary/aromatic N) is 2. The second kappa shape index (κ2) is 5.28. The summed E-state index contributed by atoms with van der Waals surface area (Å²) in [6.07, 6.45) is 6.32. The molecule has 3 nitrogen and oxygen atoms in total. The molecule has 0 radical (unpaired) electrons. The van der Waals surface area contributed by atoms with Gasteiger partial charge < -0.3 is 4.74 Å². The molecule has 0 saturated heterocycles. The summed E-state index contributed by atoms with van der Waals surface area (Å²) in [6, 6.07) is 7.35. The molecule has 106 valence electrons. The molecule has 0 fully saturated rings. The number of rotatable bonds is 2. The first-order valence-electron chi connectivity index (χ1n) is 7.00. The average molecular weight is 317 g/mol. The molecule has 2 aromatic heterocycles. The quantitative estimate of drug-likeness (QED) is 0.666. The standard InChI is InChI=1S/C16H13ClN2OS/c17-10-5-7-11(8-6-10)20-15-14-12-3-1-2-4-13(12)21-16(14)19-9-18-15/h5-9H,1-4H2. The predicted octanol–water partition coefficient (Wildman–Crippen LogP) is 5.02. The van der Waals surface area contributed by atoms with Crippen molar-refractivity contribution >= 4 is 33.2 Å². The lowest BCUT2D eigenvalue weighted by Crippen LogP contribution is -1.99. The van der Waals surface area contributed by atoms with Crippen molar-refractivity contribution in [1.29, 1.82) is 0 Å². The molecular formula is C16H13ClN2OS. The highest BCUT2D eigenvalue weighted by Gasteiger charge is 2.20. The van der Waals surface area contributed by atoms with Gasteiger partial charge in [-0.25, -0.2) is 9.97 Å². The third kappa shape index (κ3) is 2.39. The van der Waals surface area contributed by atoms with Crippen molar-refractivity contribution in [3.8, 4) is 11.6 Å². The number of hydrogen-bond donors (Lipinski definition) is 0. The van der Waals surface area contributed by atoms with E-state index in [2.05, 4.69) is 9.97 Å². The van der Waals surface area contributed by atoms with Crippen molar-refractivity contribution in [3.63, 3.8) is 0 Å². The first-order chi connectivity index (χ1) is 10.3. The van der Waals surface area contributed by atoms with Gasteiger partial charge in [0.15, 0.2) is 0 Å². The molecule has 0 bridgehead atoms. The fourth-order valence-electron chi connectivity index (χ4n) is 2.75. The Morgan fingerprint density at radius 2 is 1.86 bits per heavy atom. The number of halogens is 1. The summed E-state index contributed by atoms with van der Waals surface area (Å²) < 4.78 is 5.97. The number of ether oxygens (including phenoxy) is 1. The number of fused-ring (bicyclic) bond motifs is 3. The van der Waals surface area contributed by atoms with Gasteiger partial charge in [0.05, 0.1) is 5.39 Å². The van der Waals surface area contributed by atoms with E-state index in [0.29, 0.717) is 10.9 Å². The van der Waals surface area contributed by atoms with E-state index in [1.807, 2.05) is 24.3 Å². The van der Waals surface area contributed by atoms with Gasteiger partial charge in [0.25, 0.3) is 0 Å². The molecule has 0 saturated carbocycles. The van der Waals surface area contributed by atoms with E-state index in [0.717, 1.165) is 28.8 Å². The van der Waals surface area contributed by atoms with Crippen LogP contribution < -0.4 is 4.74 Å². The second-order valence-corrected chi connectivity index (χ2v) is 6.65. The van der Waals surface area contributed by atoms with Crippen LogP contribution in [0.3, 0.4) is 0 Å². The zero-order valence-corrected chi connectivity index (χ0v) is 12.9. The summed E-state index contributed by atoms with van der Waals surface area (Å²) in [5.41, 5.74) is 1.38. The largest absolute Gasteiger partial charge is 0.438 e. The fraction of sp³-hybridized carbons (Fsp3) is 0.250. The van der Waals surface area contributed by atoms with Crippen LogP contribution in [0.2, 0.25) is 5.02 Å². The molecule has 4 rings (SSSR count). The van der Waals surface area contributed by atoms with E-state index in [9.17, 15) is 0 Å². The average Bonchev–Trinajstić information content (AvgIpc) is 2.89. The van der Waals surface area contributed by atoms with Crippen LogP contribution in [0.25, 0.3) is 10.2 Å². The van der Waals surface area contributed by atoms with Gasteiger partial charge in [-0.15, -0.1) is 11.3 Å². The molecule has 1 aliphatic carbocycles. The lowest BCUT2D eigenvalue weighted by atomic mass is 9.97. The van der Waals surface area contributed by atoms with Crippen LogP contribution in [-0.4, -0.2) is 9.97 Å². The second-order valence-electron chi connectivity index (χ2n) is 5.13. The highest BCUT2D eigenvalue weighted by Crippen LogP contribution is 2.40.